The summed E-state index contributed by atoms with van der Waals surface area (Å²) in [6.07, 6.45) is -0.217. The van der Waals surface area contributed by atoms with E-state index in [1.165, 1.54) is 0 Å². The van der Waals surface area contributed by atoms with Crippen molar-refractivity contribution in [1.82, 2.24) is 0 Å². The van der Waals surface area contributed by atoms with Crippen molar-refractivity contribution >= 4 is 11.7 Å². The first kappa shape index (κ1) is 18.6. The number of benzene rings is 3. The Kier molecular flexibility index (Phi) is 4.93. The number of ether oxygens (including phenoxy) is 3. The van der Waals surface area contributed by atoms with Crippen molar-refractivity contribution in [3.63, 3.8) is 0 Å². The number of carbonyl (C=O) groups excluding carboxylic acids is 1. The van der Waals surface area contributed by atoms with Crippen LogP contribution in [-0.4, -0.2) is 23.0 Å². The van der Waals surface area contributed by atoms with Gasteiger partial charge in [-0.05, 0) is 29.8 Å². The van der Waals surface area contributed by atoms with Crippen LogP contribution >= 0.6 is 0 Å². The number of carbonyl (C=O) groups is 1. The molecular weight excluding hydrogens is 372 g/mol. The fourth-order valence-corrected chi connectivity index (χ4v) is 3.18. The Balaban J connectivity index is 1.57. The van der Waals surface area contributed by atoms with Gasteiger partial charge in [-0.15, -0.1) is 0 Å². The minimum Gasteiger partial charge on any atom is -0.515 e. The molecule has 1 aliphatic rings. The topological polar surface area (TPSA) is 85.2 Å². The van der Waals surface area contributed by atoms with Crippen LogP contribution in [0.15, 0.2) is 85.1 Å². The molecule has 0 fully saturated rings. The Morgan fingerprint density at radius 1 is 0.897 bits per heavy atom. The molecule has 0 aromatic heterocycles. The lowest BCUT2D eigenvalue weighted by molar-refractivity contribution is -0.156. The maximum Gasteiger partial charge on any atom is 0.511 e. The van der Waals surface area contributed by atoms with Crippen molar-refractivity contribution in [3.8, 4) is 11.5 Å². The van der Waals surface area contributed by atoms with Crippen LogP contribution in [0.2, 0.25) is 0 Å². The molecule has 0 radical (unpaired) electrons. The molecule has 6 heteroatoms. The van der Waals surface area contributed by atoms with E-state index in [1.54, 1.807) is 72.8 Å². The summed E-state index contributed by atoms with van der Waals surface area (Å²) < 4.78 is 16.3. The van der Waals surface area contributed by atoms with Crippen LogP contribution in [0, 0.1) is 0 Å². The molecule has 6 nitrogen and oxygen atoms in total. The molecule has 0 unspecified atom stereocenters. The number of aliphatic hydroxyl groups excluding tert-OH is 1. The van der Waals surface area contributed by atoms with E-state index in [9.17, 15) is 15.0 Å². The van der Waals surface area contributed by atoms with Gasteiger partial charge in [-0.2, -0.15) is 0 Å². The molecule has 29 heavy (non-hydrogen) atoms. The molecule has 0 saturated carbocycles. The Bertz CT molecular complexity index is 1010. The van der Waals surface area contributed by atoms with Gasteiger partial charge in [0.05, 0.1) is 17.4 Å². The molecule has 0 amide bonds. The quantitative estimate of drug-likeness (QED) is 0.380. The molecule has 0 aliphatic carbocycles. The van der Waals surface area contributed by atoms with Crippen molar-refractivity contribution in [2.24, 2.45) is 0 Å². The number of hydrogen-bond donors (Lipinski definition) is 2. The average Bonchev–Trinajstić information content (AvgIpc) is 2.75. The van der Waals surface area contributed by atoms with Gasteiger partial charge < -0.3 is 24.4 Å². The molecule has 0 spiro atoms. The molecule has 1 aliphatic heterocycles. The van der Waals surface area contributed by atoms with Crippen molar-refractivity contribution < 1.29 is 29.2 Å². The predicted molar refractivity (Wildman–Crippen MR) is 105 cm³/mol. The van der Waals surface area contributed by atoms with Gasteiger partial charge in [0, 0.05) is 5.57 Å². The van der Waals surface area contributed by atoms with E-state index < -0.39 is 11.9 Å². The molecule has 4 rings (SSSR count). The molecule has 0 atom stereocenters. The summed E-state index contributed by atoms with van der Waals surface area (Å²) in [4.78, 5) is 12.4. The number of fused-ring (bicyclic) bond motifs is 2. The third-order valence-electron chi connectivity index (χ3n) is 4.60. The lowest BCUT2D eigenvalue weighted by Gasteiger charge is -2.34. The Labute approximate surface area is 167 Å². The Morgan fingerprint density at radius 3 is 2.03 bits per heavy atom. The summed E-state index contributed by atoms with van der Waals surface area (Å²) in [5.41, 5.74) is 1.67. The van der Waals surface area contributed by atoms with Crippen molar-refractivity contribution in [2.75, 3.05) is 6.61 Å². The van der Waals surface area contributed by atoms with Crippen LogP contribution in [0.25, 0.3) is 5.57 Å². The second-order valence-electron chi connectivity index (χ2n) is 6.40. The molecule has 3 aromatic rings. The lowest BCUT2D eigenvalue weighted by atomic mass is 9.93. The van der Waals surface area contributed by atoms with E-state index in [1.807, 2.05) is 6.07 Å². The summed E-state index contributed by atoms with van der Waals surface area (Å²) in [6, 6.07) is 22.5. The summed E-state index contributed by atoms with van der Waals surface area (Å²) in [5.74, 6) is -1.32. The fourth-order valence-electron chi connectivity index (χ4n) is 3.18. The summed E-state index contributed by atoms with van der Waals surface area (Å²) in [6.45, 7) is -0.227. The van der Waals surface area contributed by atoms with Gasteiger partial charge in [0.15, 0.2) is 0 Å². The Hall–Kier alpha value is -3.77. The smallest absolute Gasteiger partial charge is 0.511 e. The molecule has 3 aromatic carbocycles. The predicted octanol–water partition coefficient (Wildman–Crippen LogP) is 4.74. The molecule has 0 saturated heterocycles. The van der Waals surface area contributed by atoms with Crippen molar-refractivity contribution in [3.05, 3.63) is 102 Å². The number of para-hydroxylation sites is 2. The van der Waals surface area contributed by atoms with Crippen LogP contribution in [0.1, 0.15) is 16.7 Å². The van der Waals surface area contributed by atoms with E-state index >= 15 is 0 Å². The zero-order chi connectivity index (χ0) is 20.3. The van der Waals surface area contributed by atoms with Gasteiger partial charge >= 0.3 is 6.16 Å². The van der Waals surface area contributed by atoms with Crippen LogP contribution < -0.4 is 4.74 Å². The van der Waals surface area contributed by atoms with Gasteiger partial charge in [-0.1, -0.05) is 54.6 Å². The standard InChI is InChI=1S/C23H18O6/c24-14-17(16-8-2-1-3-9-16)15-27-22(25)29-23(26)18-10-4-6-12-20(18)28-21-13-7-5-11-19(21)23/h1-14,24,26H,15H2. The fraction of sp³-hybridized carbons (Fsp3) is 0.0870. The second-order valence-corrected chi connectivity index (χ2v) is 6.40. The average molecular weight is 390 g/mol. The van der Waals surface area contributed by atoms with E-state index in [-0.39, 0.29) is 17.7 Å². The zero-order valence-electron chi connectivity index (χ0n) is 15.3. The van der Waals surface area contributed by atoms with E-state index in [2.05, 4.69) is 0 Å². The molecular formula is C23H18O6. The highest BCUT2D eigenvalue weighted by atomic mass is 16.8. The van der Waals surface area contributed by atoms with Crippen molar-refractivity contribution in [2.45, 2.75) is 5.79 Å². The number of hydrogen-bond acceptors (Lipinski definition) is 6. The third kappa shape index (κ3) is 3.53. The van der Waals surface area contributed by atoms with E-state index in [0.717, 1.165) is 6.26 Å². The van der Waals surface area contributed by atoms with Gasteiger partial charge in [-0.25, -0.2) is 4.79 Å². The molecule has 0 bridgehead atoms. The van der Waals surface area contributed by atoms with Crippen LogP contribution in [-0.2, 0) is 15.3 Å². The highest BCUT2D eigenvalue weighted by Gasteiger charge is 2.44. The molecule has 2 N–H and O–H groups in total. The van der Waals surface area contributed by atoms with Gasteiger partial charge in [0.2, 0.25) is 0 Å². The SMILES string of the molecule is O=C(OCC(=CO)c1ccccc1)OC1(O)c2ccccc2Oc2ccccc21. The normalized spacial score (nSPS) is 14.2. The van der Waals surface area contributed by atoms with Gasteiger partial charge in [0.25, 0.3) is 5.79 Å². The number of aliphatic hydroxyl groups is 2. The van der Waals surface area contributed by atoms with Crippen LogP contribution in [0.4, 0.5) is 4.79 Å². The largest absolute Gasteiger partial charge is 0.515 e. The highest BCUT2D eigenvalue weighted by Crippen LogP contribution is 2.47. The van der Waals surface area contributed by atoms with E-state index in [4.69, 9.17) is 14.2 Å². The second kappa shape index (κ2) is 7.69. The summed E-state index contributed by atoms with van der Waals surface area (Å²) >= 11 is 0. The van der Waals surface area contributed by atoms with Gasteiger partial charge in [-0.3, -0.25) is 0 Å². The van der Waals surface area contributed by atoms with Crippen LogP contribution in [0.3, 0.4) is 0 Å². The Morgan fingerprint density at radius 2 is 1.45 bits per heavy atom. The molecule has 1 heterocycles. The zero-order valence-corrected chi connectivity index (χ0v) is 15.3. The monoisotopic (exact) mass is 390 g/mol. The van der Waals surface area contributed by atoms with Gasteiger partial charge in [0.1, 0.15) is 18.1 Å². The minimum absolute atomic E-state index is 0.227. The first-order valence-electron chi connectivity index (χ1n) is 8.95. The first-order chi connectivity index (χ1) is 14.1. The maximum absolute atomic E-state index is 12.4. The van der Waals surface area contributed by atoms with E-state index in [0.29, 0.717) is 22.6 Å². The van der Waals surface area contributed by atoms with Crippen molar-refractivity contribution in [1.29, 1.82) is 0 Å². The number of rotatable bonds is 4. The third-order valence-corrected chi connectivity index (χ3v) is 4.60. The molecule has 146 valence electrons. The minimum atomic E-state index is -2.07. The van der Waals surface area contributed by atoms with Crippen LogP contribution in [0.5, 0.6) is 11.5 Å². The highest BCUT2D eigenvalue weighted by molar-refractivity contribution is 5.69. The summed E-state index contributed by atoms with van der Waals surface area (Å²) in [7, 11) is 0. The first-order valence-corrected chi connectivity index (χ1v) is 8.95. The lowest BCUT2D eigenvalue weighted by Crippen LogP contribution is -2.36. The maximum atomic E-state index is 12.4. The summed E-state index contributed by atoms with van der Waals surface area (Å²) in [5, 5.41) is 20.8.